The summed E-state index contributed by atoms with van der Waals surface area (Å²) in [6.07, 6.45) is 7.65. The van der Waals surface area contributed by atoms with Crippen molar-refractivity contribution in [3.8, 4) is 5.75 Å². The van der Waals surface area contributed by atoms with E-state index in [4.69, 9.17) is 9.47 Å². The number of ether oxygens (including phenoxy) is 2. The summed E-state index contributed by atoms with van der Waals surface area (Å²) in [7, 11) is 1.35. The summed E-state index contributed by atoms with van der Waals surface area (Å²) < 4.78 is 13.1. The van der Waals surface area contributed by atoms with Crippen LogP contribution >= 0.6 is 0 Å². The molecule has 6 heteroatoms. The summed E-state index contributed by atoms with van der Waals surface area (Å²) in [6.45, 7) is 19.5. The van der Waals surface area contributed by atoms with Gasteiger partial charge < -0.3 is 19.1 Å². The Bertz CT molecular complexity index is 955. The van der Waals surface area contributed by atoms with E-state index < -0.39 is 5.97 Å². The number of carbonyl (C=O) groups is 1. The van der Waals surface area contributed by atoms with E-state index in [9.17, 15) is 9.90 Å². The van der Waals surface area contributed by atoms with E-state index >= 15 is 0 Å². The van der Waals surface area contributed by atoms with Crippen LogP contribution in [0, 0.1) is 0 Å². The molecule has 1 aromatic heterocycles. The van der Waals surface area contributed by atoms with E-state index in [0.29, 0.717) is 0 Å². The molecule has 34 heavy (non-hydrogen) atoms. The number of allylic oxidation sites excluding steroid dienone is 1. The van der Waals surface area contributed by atoms with Gasteiger partial charge in [-0.3, -0.25) is 4.90 Å². The van der Waals surface area contributed by atoms with Crippen LogP contribution < -0.4 is 0 Å². The third kappa shape index (κ3) is 6.30. The molecule has 1 aromatic carbocycles. The minimum absolute atomic E-state index is 0.0714. The number of fused-ring (bicyclic) bond motifs is 3. The zero-order valence-corrected chi connectivity index (χ0v) is 21.4. The lowest BCUT2D eigenvalue weighted by Gasteiger charge is -2.35. The molecule has 2 atom stereocenters. The van der Waals surface area contributed by atoms with Crippen LogP contribution in [0.5, 0.6) is 5.75 Å². The van der Waals surface area contributed by atoms with Crippen molar-refractivity contribution < 1.29 is 19.4 Å². The van der Waals surface area contributed by atoms with Gasteiger partial charge >= 0.3 is 5.97 Å². The Labute approximate surface area is 204 Å². The van der Waals surface area contributed by atoms with Crippen molar-refractivity contribution in [2.24, 2.45) is 0 Å². The molecular weight excluding hydrogens is 428 g/mol. The maximum atomic E-state index is 12.0. The van der Waals surface area contributed by atoms with Gasteiger partial charge in [-0.2, -0.15) is 0 Å². The van der Waals surface area contributed by atoms with E-state index in [2.05, 4.69) is 43.1 Å². The molecule has 0 radical (unpaired) electrons. The van der Waals surface area contributed by atoms with Gasteiger partial charge in [-0.15, -0.1) is 19.7 Å². The Kier molecular flexibility index (Phi) is 10.9. The Morgan fingerprint density at radius 1 is 1.18 bits per heavy atom. The Balaban J connectivity index is 0.000000758. The van der Waals surface area contributed by atoms with E-state index in [1.807, 2.05) is 13.0 Å². The molecule has 2 aliphatic rings. The number of aryl methyl sites for hydroxylation is 2. The lowest BCUT2D eigenvalue weighted by atomic mass is 9.94. The highest BCUT2D eigenvalue weighted by molar-refractivity contribution is 6.02. The van der Waals surface area contributed by atoms with Crippen LogP contribution in [0.3, 0.4) is 0 Å². The molecule has 4 rings (SSSR count). The van der Waals surface area contributed by atoms with Crippen LogP contribution in [0.4, 0.5) is 0 Å². The summed E-state index contributed by atoms with van der Waals surface area (Å²) in [4.78, 5) is 14.5. The predicted molar refractivity (Wildman–Crippen MR) is 140 cm³/mol. The van der Waals surface area contributed by atoms with Crippen LogP contribution in [0.2, 0.25) is 0 Å². The smallest absolute Gasteiger partial charge is 0.341 e. The average molecular weight is 471 g/mol. The molecule has 2 heterocycles. The van der Waals surface area contributed by atoms with Gasteiger partial charge in [-0.1, -0.05) is 6.08 Å². The summed E-state index contributed by atoms with van der Waals surface area (Å²) in [5.41, 5.74) is 3.82. The van der Waals surface area contributed by atoms with Crippen molar-refractivity contribution in [2.45, 2.75) is 71.6 Å². The first-order valence-corrected chi connectivity index (χ1v) is 12.3. The number of nitrogens with zero attached hydrogens (tertiary/aromatic N) is 2. The lowest BCUT2D eigenvalue weighted by molar-refractivity contribution is -0.0682. The lowest BCUT2D eigenvalue weighted by Crippen LogP contribution is -2.45. The molecule has 0 amide bonds. The molecule has 2 aromatic rings. The number of aromatic nitrogens is 1. The van der Waals surface area contributed by atoms with Crippen LogP contribution in [-0.2, 0) is 28.9 Å². The van der Waals surface area contributed by atoms with Gasteiger partial charge in [0, 0.05) is 37.3 Å². The van der Waals surface area contributed by atoms with Crippen molar-refractivity contribution >= 4 is 16.9 Å². The summed E-state index contributed by atoms with van der Waals surface area (Å²) in [6, 6.07) is 3.66. The maximum Gasteiger partial charge on any atom is 0.341 e. The highest BCUT2D eigenvalue weighted by Crippen LogP contribution is 2.39. The Morgan fingerprint density at radius 2 is 1.79 bits per heavy atom. The molecule has 1 N–H and O–H groups in total. The van der Waals surface area contributed by atoms with E-state index in [-0.39, 0.29) is 23.5 Å². The number of phenolic OH excluding ortho intramolecular Hbond substituents is 1. The van der Waals surface area contributed by atoms with Gasteiger partial charge in [0.05, 0.1) is 24.8 Å². The topological polar surface area (TPSA) is 63.9 Å². The zero-order chi connectivity index (χ0) is 25.3. The van der Waals surface area contributed by atoms with Gasteiger partial charge in [0.25, 0.3) is 0 Å². The van der Waals surface area contributed by atoms with E-state index in [1.54, 1.807) is 12.1 Å². The molecule has 188 valence electrons. The highest BCUT2D eigenvalue weighted by Gasteiger charge is 2.26. The fourth-order valence-corrected chi connectivity index (χ4v) is 5.15. The van der Waals surface area contributed by atoms with Crippen molar-refractivity contribution in [3.63, 3.8) is 0 Å². The number of benzene rings is 1. The predicted octanol–water partition coefficient (Wildman–Crippen LogP) is 5.51. The first kappa shape index (κ1) is 27.7. The first-order chi connectivity index (χ1) is 16.4. The van der Waals surface area contributed by atoms with Crippen LogP contribution in [-0.4, -0.2) is 59.5 Å². The fourth-order valence-electron chi connectivity index (χ4n) is 5.15. The molecular formula is C28H42N2O4. The third-order valence-electron chi connectivity index (χ3n) is 6.27. The highest BCUT2D eigenvalue weighted by atomic mass is 16.5. The molecule has 1 fully saturated rings. The number of carbonyl (C=O) groups excluding carboxylic acids is 1. The SMILES string of the molecule is C=C.C=CC.COC(=O)c1ccc2c(c1O)c1c(n2CCCN2CC(C)OC(C)C2)CCCC1. The number of phenols is 1. The first-order valence-electron chi connectivity index (χ1n) is 12.3. The molecule has 6 nitrogen and oxygen atoms in total. The minimum atomic E-state index is -0.489. The molecule has 0 saturated carbocycles. The normalized spacial score (nSPS) is 19.8. The standard InChI is InChI=1S/C23H32N2O4.C3H6.C2H4/c1-15-13-24(14-16(2)29-15)11-6-12-25-19-8-5-4-7-17(19)21-20(25)10-9-18(22(21)26)23(27)28-3;1-3-2;1-2/h9-10,15-16,26H,4-8,11-14H2,1-3H3;3H,1H2,2H3;1-2H2. The van der Waals surface area contributed by atoms with Crippen LogP contribution in [0.1, 0.15) is 61.6 Å². The van der Waals surface area contributed by atoms with Crippen molar-refractivity contribution in [3.05, 3.63) is 54.8 Å². The second-order valence-corrected chi connectivity index (χ2v) is 8.91. The van der Waals surface area contributed by atoms with Crippen molar-refractivity contribution in [1.82, 2.24) is 9.47 Å². The van der Waals surface area contributed by atoms with Gasteiger partial charge in [0.15, 0.2) is 0 Å². The zero-order valence-electron chi connectivity index (χ0n) is 21.4. The maximum absolute atomic E-state index is 12.0. The largest absolute Gasteiger partial charge is 0.506 e. The molecule has 1 aliphatic carbocycles. The number of esters is 1. The van der Waals surface area contributed by atoms with E-state index in [0.717, 1.165) is 62.8 Å². The number of aromatic hydroxyl groups is 1. The molecule has 2 unspecified atom stereocenters. The third-order valence-corrected chi connectivity index (χ3v) is 6.27. The van der Waals surface area contributed by atoms with Gasteiger partial charge in [0.2, 0.25) is 0 Å². The second-order valence-electron chi connectivity index (χ2n) is 8.91. The Morgan fingerprint density at radius 3 is 2.41 bits per heavy atom. The summed E-state index contributed by atoms with van der Waals surface area (Å²) in [5.74, 6) is -0.417. The molecule has 1 saturated heterocycles. The Hall–Kier alpha value is -2.57. The quantitative estimate of drug-likeness (QED) is 0.461. The minimum Gasteiger partial charge on any atom is -0.506 e. The summed E-state index contributed by atoms with van der Waals surface area (Å²) >= 11 is 0. The van der Waals surface area contributed by atoms with Gasteiger partial charge in [-0.25, -0.2) is 4.79 Å². The monoisotopic (exact) mass is 470 g/mol. The van der Waals surface area contributed by atoms with Crippen LogP contribution in [0.15, 0.2) is 37.9 Å². The number of morpholine rings is 1. The number of methoxy groups -OCH3 is 1. The molecule has 0 bridgehead atoms. The fraction of sp³-hybridized carbons (Fsp3) is 0.536. The number of hydrogen-bond donors (Lipinski definition) is 1. The van der Waals surface area contributed by atoms with E-state index in [1.165, 1.54) is 24.8 Å². The number of hydrogen-bond acceptors (Lipinski definition) is 5. The van der Waals surface area contributed by atoms with Crippen LogP contribution in [0.25, 0.3) is 10.9 Å². The van der Waals surface area contributed by atoms with Crippen molar-refractivity contribution in [1.29, 1.82) is 0 Å². The van der Waals surface area contributed by atoms with Gasteiger partial charge in [0.1, 0.15) is 11.3 Å². The van der Waals surface area contributed by atoms with Crippen molar-refractivity contribution in [2.75, 3.05) is 26.7 Å². The average Bonchev–Trinajstić information content (AvgIpc) is 3.14. The summed E-state index contributed by atoms with van der Waals surface area (Å²) in [5, 5.41) is 11.7. The molecule has 0 spiro atoms. The van der Waals surface area contributed by atoms with Gasteiger partial charge in [-0.05, 0) is 70.6 Å². The molecule has 1 aliphatic heterocycles. The second kappa shape index (κ2) is 13.4. The number of rotatable bonds is 5.